The molecule has 0 aliphatic rings. The largest absolute Gasteiger partial charge is 0.457 e. The van der Waals surface area contributed by atoms with Gasteiger partial charge in [0.1, 0.15) is 16.7 Å². The van der Waals surface area contributed by atoms with Crippen LogP contribution < -0.4 is 4.74 Å². The Bertz CT molecular complexity index is 898. The molecule has 0 unspecified atom stereocenters. The molecule has 25 heavy (non-hydrogen) atoms. The smallest absolute Gasteiger partial charge is 0.368 e. The maximum absolute atomic E-state index is 11.9. The Hall–Kier alpha value is -3.18. The van der Waals surface area contributed by atoms with Gasteiger partial charge in [0.25, 0.3) is 0 Å². The first-order valence-corrected chi connectivity index (χ1v) is 7.78. The first-order valence-electron chi connectivity index (χ1n) is 7.40. The fourth-order valence-electron chi connectivity index (χ4n) is 2.01. The van der Waals surface area contributed by atoms with Crippen LogP contribution in [0.4, 0.5) is 0 Å². The van der Waals surface area contributed by atoms with Crippen molar-refractivity contribution in [2.24, 2.45) is 5.16 Å². The van der Waals surface area contributed by atoms with E-state index >= 15 is 0 Å². The van der Waals surface area contributed by atoms with E-state index in [1.807, 2.05) is 48.5 Å². The van der Waals surface area contributed by atoms with Crippen LogP contribution in [-0.2, 0) is 4.84 Å². The van der Waals surface area contributed by atoms with Gasteiger partial charge in [-0.1, -0.05) is 47.1 Å². The molecule has 2 aromatic carbocycles. The predicted molar refractivity (Wildman–Crippen MR) is 95.2 cm³/mol. The summed E-state index contributed by atoms with van der Waals surface area (Å²) in [6.07, 6.45) is 2.90. The van der Waals surface area contributed by atoms with Gasteiger partial charge in [-0.25, -0.2) is 9.78 Å². The third kappa shape index (κ3) is 4.65. The van der Waals surface area contributed by atoms with Crippen LogP contribution in [0.25, 0.3) is 0 Å². The van der Waals surface area contributed by atoms with E-state index in [2.05, 4.69) is 10.1 Å². The highest BCUT2D eigenvalue weighted by atomic mass is 35.5. The minimum Gasteiger partial charge on any atom is -0.457 e. The van der Waals surface area contributed by atoms with Crippen LogP contribution >= 0.6 is 11.6 Å². The van der Waals surface area contributed by atoms with Gasteiger partial charge in [-0.2, -0.15) is 0 Å². The maximum atomic E-state index is 11.9. The van der Waals surface area contributed by atoms with Crippen LogP contribution in [0.5, 0.6) is 11.5 Å². The average molecular weight is 353 g/mol. The van der Waals surface area contributed by atoms with Crippen molar-refractivity contribution < 1.29 is 14.4 Å². The summed E-state index contributed by atoms with van der Waals surface area (Å²) >= 11 is 5.83. The van der Waals surface area contributed by atoms with Crippen molar-refractivity contribution in [2.75, 3.05) is 0 Å². The van der Waals surface area contributed by atoms with E-state index in [1.54, 1.807) is 12.1 Å². The average Bonchev–Trinajstić information content (AvgIpc) is 2.63. The first kappa shape index (κ1) is 16.7. The SMILES string of the molecule is O=C(ON=Cc1cccc(Oc2ccccc2)c1)c1cccnc1Cl. The lowest BCUT2D eigenvalue weighted by Crippen LogP contribution is -2.02. The van der Waals surface area contributed by atoms with Gasteiger partial charge in [0.2, 0.25) is 0 Å². The molecule has 1 heterocycles. The van der Waals surface area contributed by atoms with E-state index in [4.69, 9.17) is 21.2 Å². The summed E-state index contributed by atoms with van der Waals surface area (Å²) < 4.78 is 5.74. The van der Waals surface area contributed by atoms with E-state index < -0.39 is 5.97 Å². The second-order valence-corrected chi connectivity index (χ2v) is 5.30. The van der Waals surface area contributed by atoms with Crippen LogP contribution in [0.2, 0.25) is 5.15 Å². The Balaban J connectivity index is 1.65. The molecule has 0 radical (unpaired) electrons. The van der Waals surface area contributed by atoms with Gasteiger partial charge in [0, 0.05) is 6.20 Å². The van der Waals surface area contributed by atoms with Gasteiger partial charge in [-0.15, -0.1) is 0 Å². The predicted octanol–water partition coefficient (Wildman–Crippen LogP) is 4.72. The van der Waals surface area contributed by atoms with Crippen LogP contribution in [0.1, 0.15) is 15.9 Å². The molecule has 6 heteroatoms. The number of nitrogens with zero attached hydrogens (tertiary/aromatic N) is 2. The monoisotopic (exact) mass is 352 g/mol. The highest BCUT2D eigenvalue weighted by Gasteiger charge is 2.11. The number of hydrogen-bond acceptors (Lipinski definition) is 5. The molecule has 0 saturated carbocycles. The Morgan fingerprint density at radius 2 is 1.80 bits per heavy atom. The summed E-state index contributed by atoms with van der Waals surface area (Å²) in [5.41, 5.74) is 0.876. The Morgan fingerprint density at radius 1 is 1.00 bits per heavy atom. The van der Waals surface area contributed by atoms with Crippen molar-refractivity contribution in [2.45, 2.75) is 0 Å². The van der Waals surface area contributed by atoms with Crippen molar-refractivity contribution >= 4 is 23.8 Å². The lowest BCUT2D eigenvalue weighted by atomic mass is 10.2. The summed E-state index contributed by atoms with van der Waals surface area (Å²) in [6.45, 7) is 0. The second-order valence-electron chi connectivity index (χ2n) is 4.94. The summed E-state index contributed by atoms with van der Waals surface area (Å²) in [4.78, 5) is 20.5. The number of hydrogen-bond donors (Lipinski definition) is 0. The van der Waals surface area contributed by atoms with Gasteiger partial charge in [0.15, 0.2) is 0 Å². The highest BCUT2D eigenvalue weighted by Crippen LogP contribution is 2.21. The minimum atomic E-state index is -0.675. The second kappa shape index (κ2) is 8.08. The number of pyridine rings is 1. The van der Waals surface area contributed by atoms with Gasteiger partial charge in [0.05, 0.1) is 11.8 Å². The van der Waals surface area contributed by atoms with Crippen LogP contribution in [0.15, 0.2) is 78.1 Å². The van der Waals surface area contributed by atoms with E-state index in [0.29, 0.717) is 5.75 Å². The standard InChI is InChI=1S/C19H13ClN2O3/c20-18-17(10-5-11-21-18)19(23)25-22-13-14-6-4-9-16(12-14)24-15-7-2-1-3-8-15/h1-13H. The topological polar surface area (TPSA) is 60.8 Å². The minimum absolute atomic E-state index is 0.0703. The van der Waals surface area contributed by atoms with E-state index in [1.165, 1.54) is 18.5 Å². The molecule has 3 rings (SSSR count). The molecule has 0 amide bonds. The number of para-hydroxylation sites is 1. The zero-order chi connectivity index (χ0) is 17.5. The molecule has 1 aromatic heterocycles. The molecule has 0 aliphatic heterocycles. The molecule has 0 saturated heterocycles. The molecule has 0 atom stereocenters. The summed E-state index contributed by atoms with van der Waals surface area (Å²) in [7, 11) is 0. The van der Waals surface area contributed by atoms with Crippen LogP contribution in [-0.4, -0.2) is 17.2 Å². The molecule has 0 aliphatic carbocycles. The van der Waals surface area contributed by atoms with E-state index in [-0.39, 0.29) is 10.7 Å². The summed E-state index contributed by atoms with van der Waals surface area (Å²) in [5.74, 6) is 0.706. The third-order valence-electron chi connectivity index (χ3n) is 3.15. The molecular formula is C19H13ClN2O3. The lowest BCUT2D eigenvalue weighted by Gasteiger charge is -2.05. The summed E-state index contributed by atoms with van der Waals surface area (Å²) in [6, 6.07) is 19.8. The van der Waals surface area contributed by atoms with Gasteiger partial charge in [-0.05, 0) is 42.0 Å². The van der Waals surface area contributed by atoms with Crippen LogP contribution in [0, 0.1) is 0 Å². The van der Waals surface area contributed by atoms with E-state index in [0.717, 1.165) is 11.3 Å². The van der Waals surface area contributed by atoms with Crippen molar-refractivity contribution in [1.29, 1.82) is 0 Å². The zero-order valence-corrected chi connectivity index (χ0v) is 13.8. The highest BCUT2D eigenvalue weighted by molar-refractivity contribution is 6.32. The first-order chi connectivity index (χ1) is 12.2. The number of aromatic nitrogens is 1. The lowest BCUT2D eigenvalue weighted by molar-refractivity contribution is 0.0519. The molecule has 0 bridgehead atoms. The van der Waals surface area contributed by atoms with Gasteiger partial charge >= 0.3 is 5.97 Å². The maximum Gasteiger partial charge on any atom is 0.368 e. The summed E-state index contributed by atoms with van der Waals surface area (Å²) in [5, 5.41) is 3.76. The molecular weight excluding hydrogens is 340 g/mol. The van der Waals surface area contributed by atoms with Crippen molar-refractivity contribution in [3.8, 4) is 11.5 Å². The number of benzene rings is 2. The number of carbonyl (C=O) groups excluding carboxylic acids is 1. The van der Waals surface area contributed by atoms with Gasteiger partial charge in [-0.3, -0.25) is 0 Å². The Morgan fingerprint density at radius 3 is 2.60 bits per heavy atom. The quantitative estimate of drug-likeness (QED) is 0.288. The number of carbonyl (C=O) groups is 1. The molecule has 124 valence electrons. The Labute approximate surface area is 149 Å². The fourth-order valence-corrected chi connectivity index (χ4v) is 2.20. The van der Waals surface area contributed by atoms with Crippen molar-refractivity contribution in [1.82, 2.24) is 4.98 Å². The number of halogens is 1. The number of oxime groups is 1. The zero-order valence-electron chi connectivity index (χ0n) is 13.0. The van der Waals surface area contributed by atoms with Gasteiger partial charge < -0.3 is 9.57 Å². The molecule has 0 N–H and O–H groups in total. The van der Waals surface area contributed by atoms with Crippen molar-refractivity contribution in [3.63, 3.8) is 0 Å². The molecule has 0 fully saturated rings. The van der Waals surface area contributed by atoms with Crippen LogP contribution in [0.3, 0.4) is 0 Å². The van der Waals surface area contributed by atoms with E-state index in [9.17, 15) is 4.79 Å². The number of rotatable bonds is 5. The normalized spacial score (nSPS) is 10.6. The Kier molecular flexibility index (Phi) is 5.39. The third-order valence-corrected chi connectivity index (χ3v) is 3.45. The fraction of sp³-hybridized carbons (Fsp3) is 0. The van der Waals surface area contributed by atoms with Crippen molar-refractivity contribution in [3.05, 3.63) is 89.2 Å². The molecule has 3 aromatic rings. The number of ether oxygens (including phenoxy) is 1. The molecule has 5 nitrogen and oxygen atoms in total. The molecule has 0 spiro atoms.